The summed E-state index contributed by atoms with van der Waals surface area (Å²) in [5.74, 6) is -2.34. The molecule has 0 radical (unpaired) electrons. The standard InChI is InChI=1S/C29H38N4O5/c1-21(2)20-25(28(35)31-33(22(3)34)26-16-7-9-18-30-26)24(15-11-14-23-12-5-4-6-13-23)29(36)32-38-27-17-8-10-19-37-27/h4-7,9,11-14,16,18,21,24-25,27H,8,10,15,17,19-20H2,1-3H3,(H,31,35)(H,32,36)/b14-11+/t24-,25+,27?/m0/s1. The molecule has 3 amide bonds. The molecule has 9 heteroatoms. The Morgan fingerprint density at radius 2 is 1.84 bits per heavy atom. The van der Waals surface area contributed by atoms with Crippen molar-refractivity contribution in [1.82, 2.24) is 15.9 Å². The molecule has 0 saturated carbocycles. The molecule has 1 fully saturated rings. The summed E-state index contributed by atoms with van der Waals surface area (Å²) in [6.07, 6.45) is 8.16. The van der Waals surface area contributed by atoms with Crippen molar-refractivity contribution in [2.75, 3.05) is 11.6 Å². The predicted molar refractivity (Wildman–Crippen MR) is 145 cm³/mol. The van der Waals surface area contributed by atoms with E-state index in [4.69, 9.17) is 9.57 Å². The van der Waals surface area contributed by atoms with Crippen molar-refractivity contribution >= 4 is 29.6 Å². The molecule has 3 atom stereocenters. The van der Waals surface area contributed by atoms with Crippen molar-refractivity contribution in [2.45, 2.75) is 59.2 Å². The third-order valence-electron chi connectivity index (χ3n) is 6.23. The summed E-state index contributed by atoms with van der Waals surface area (Å²) in [6.45, 7) is 5.90. The van der Waals surface area contributed by atoms with Crippen LogP contribution in [0.15, 0.2) is 60.8 Å². The number of anilines is 1. The van der Waals surface area contributed by atoms with Gasteiger partial charge in [-0.1, -0.05) is 62.4 Å². The molecular formula is C29H38N4O5. The van der Waals surface area contributed by atoms with Gasteiger partial charge in [0, 0.05) is 26.1 Å². The number of aromatic nitrogens is 1. The van der Waals surface area contributed by atoms with Crippen LogP contribution in [0, 0.1) is 17.8 Å². The van der Waals surface area contributed by atoms with Crippen molar-refractivity contribution in [3.05, 3.63) is 66.4 Å². The Kier molecular flexibility index (Phi) is 11.4. The third kappa shape index (κ3) is 9.08. The van der Waals surface area contributed by atoms with E-state index in [2.05, 4.69) is 15.9 Å². The molecule has 204 valence electrons. The number of hydrogen-bond donors (Lipinski definition) is 2. The number of hydrazine groups is 1. The van der Waals surface area contributed by atoms with Crippen molar-refractivity contribution in [3.63, 3.8) is 0 Å². The highest BCUT2D eigenvalue weighted by atomic mass is 16.8. The van der Waals surface area contributed by atoms with E-state index in [0.29, 0.717) is 31.7 Å². The predicted octanol–water partition coefficient (Wildman–Crippen LogP) is 4.42. The third-order valence-corrected chi connectivity index (χ3v) is 6.23. The van der Waals surface area contributed by atoms with Gasteiger partial charge < -0.3 is 4.74 Å². The number of pyridine rings is 1. The normalized spacial score (nSPS) is 17.1. The number of carbonyl (C=O) groups is 3. The van der Waals surface area contributed by atoms with Crippen molar-refractivity contribution in [1.29, 1.82) is 0 Å². The Bertz CT molecular complexity index is 1060. The average Bonchev–Trinajstić information content (AvgIpc) is 2.93. The van der Waals surface area contributed by atoms with Crippen molar-refractivity contribution in [3.8, 4) is 0 Å². The number of rotatable bonds is 11. The highest BCUT2D eigenvalue weighted by molar-refractivity contribution is 5.95. The van der Waals surface area contributed by atoms with Gasteiger partial charge in [0.25, 0.3) is 0 Å². The molecule has 38 heavy (non-hydrogen) atoms. The molecule has 0 bridgehead atoms. The van der Waals surface area contributed by atoms with Crippen LogP contribution in [0.4, 0.5) is 5.82 Å². The van der Waals surface area contributed by atoms with Gasteiger partial charge in [0.2, 0.25) is 17.7 Å². The molecule has 1 aromatic heterocycles. The first-order chi connectivity index (χ1) is 18.3. The van der Waals surface area contributed by atoms with Gasteiger partial charge >= 0.3 is 0 Å². The largest absolute Gasteiger partial charge is 0.350 e. The van der Waals surface area contributed by atoms with Crippen LogP contribution >= 0.6 is 0 Å². The monoisotopic (exact) mass is 522 g/mol. The lowest BCUT2D eigenvalue weighted by atomic mass is 9.82. The van der Waals surface area contributed by atoms with E-state index < -0.39 is 35.8 Å². The maximum atomic E-state index is 13.6. The van der Waals surface area contributed by atoms with E-state index in [1.165, 1.54) is 6.92 Å². The Labute approximate surface area is 224 Å². The van der Waals surface area contributed by atoms with Crippen LogP contribution < -0.4 is 15.9 Å². The van der Waals surface area contributed by atoms with Gasteiger partial charge in [-0.15, -0.1) is 0 Å². The van der Waals surface area contributed by atoms with E-state index in [9.17, 15) is 14.4 Å². The molecule has 2 N–H and O–H groups in total. The minimum Gasteiger partial charge on any atom is -0.350 e. The van der Waals surface area contributed by atoms with E-state index in [1.807, 2.05) is 56.3 Å². The number of ether oxygens (including phenoxy) is 1. The number of nitrogens with one attached hydrogen (secondary N) is 2. The van der Waals surface area contributed by atoms with Crippen LogP contribution in [0.1, 0.15) is 58.4 Å². The number of carbonyl (C=O) groups excluding carboxylic acids is 3. The number of amides is 3. The minimum absolute atomic E-state index is 0.113. The van der Waals surface area contributed by atoms with Crippen LogP contribution in [-0.4, -0.2) is 35.6 Å². The lowest BCUT2D eigenvalue weighted by Gasteiger charge is -2.30. The highest BCUT2D eigenvalue weighted by Crippen LogP contribution is 2.26. The summed E-state index contributed by atoms with van der Waals surface area (Å²) in [7, 11) is 0. The van der Waals surface area contributed by atoms with E-state index in [0.717, 1.165) is 23.4 Å². The Morgan fingerprint density at radius 3 is 2.47 bits per heavy atom. The van der Waals surface area contributed by atoms with Gasteiger partial charge in [0.1, 0.15) is 0 Å². The zero-order chi connectivity index (χ0) is 27.3. The number of hydrogen-bond acceptors (Lipinski definition) is 6. The molecule has 1 saturated heterocycles. The topological polar surface area (TPSA) is 110 Å². The zero-order valence-corrected chi connectivity index (χ0v) is 22.3. The molecule has 1 unspecified atom stereocenters. The molecular weight excluding hydrogens is 484 g/mol. The van der Waals surface area contributed by atoms with E-state index >= 15 is 0 Å². The quantitative estimate of drug-likeness (QED) is 0.423. The lowest BCUT2D eigenvalue weighted by molar-refractivity contribution is -0.203. The fourth-order valence-corrected chi connectivity index (χ4v) is 4.31. The van der Waals surface area contributed by atoms with Crippen molar-refractivity contribution in [2.24, 2.45) is 17.8 Å². The Balaban J connectivity index is 1.82. The van der Waals surface area contributed by atoms with Gasteiger partial charge in [-0.05, 0) is 49.3 Å². The second kappa shape index (κ2) is 15.0. The molecule has 0 spiro atoms. The summed E-state index contributed by atoms with van der Waals surface area (Å²) in [4.78, 5) is 49.2. The van der Waals surface area contributed by atoms with Crippen LogP contribution in [-0.2, 0) is 24.0 Å². The molecule has 2 heterocycles. The fourth-order valence-electron chi connectivity index (χ4n) is 4.31. The smallest absolute Gasteiger partial charge is 0.247 e. The average molecular weight is 523 g/mol. The second-order valence-electron chi connectivity index (χ2n) is 9.79. The van der Waals surface area contributed by atoms with Crippen LogP contribution in [0.2, 0.25) is 0 Å². The first-order valence-electron chi connectivity index (χ1n) is 13.2. The van der Waals surface area contributed by atoms with Gasteiger partial charge in [-0.2, -0.15) is 0 Å². The summed E-state index contributed by atoms with van der Waals surface area (Å²) in [5, 5.41) is 1.11. The lowest BCUT2D eigenvalue weighted by Crippen LogP contribution is -2.51. The summed E-state index contributed by atoms with van der Waals surface area (Å²) < 4.78 is 5.57. The Morgan fingerprint density at radius 1 is 1.08 bits per heavy atom. The molecule has 0 aliphatic carbocycles. The van der Waals surface area contributed by atoms with Gasteiger partial charge in [-0.3, -0.25) is 19.8 Å². The molecule has 1 aliphatic heterocycles. The second-order valence-corrected chi connectivity index (χ2v) is 9.79. The Hall–Kier alpha value is -3.56. The molecule has 1 aliphatic rings. The molecule has 9 nitrogen and oxygen atoms in total. The number of hydroxylamine groups is 1. The fraction of sp³-hybridized carbons (Fsp3) is 0.448. The SMILES string of the molecule is CC(=O)N(NC(=O)[C@H](CC(C)C)[C@H](C/C=C/c1ccccc1)C(=O)NOC1CCCCO1)c1ccccn1. The summed E-state index contributed by atoms with van der Waals surface area (Å²) >= 11 is 0. The zero-order valence-electron chi connectivity index (χ0n) is 22.3. The molecule has 3 rings (SSSR count). The minimum atomic E-state index is -0.751. The first-order valence-corrected chi connectivity index (χ1v) is 13.2. The summed E-state index contributed by atoms with van der Waals surface area (Å²) in [6, 6.07) is 14.8. The van der Waals surface area contributed by atoms with Crippen LogP contribution in [0.5, 0.6) is 0 Å². The highest BCUT2D eigenvalue weighted by Gasteiger charge is 2.35. The first kappa shape index (κ1) is 29.0. The van der Waals surface area contributed by atoms with E-state index in [-0.39, 0.29) is 5.92 Å². The number of benzene rings is 1. The van der Waals surface area contributed by atoms with Crippen molar-refractivity contribution < 1.29 is 24.0 Å². The van der Waals surface area contributed by atoms with E-state index in [1.54, 1.807) is 24.4 Å². The van der Waals surface area contributed by atoms with Crippen LogP contribution in [0.25, 0.3) is 6.08 Å². The molecule has 1 aromatic carbocycles. The van der Waals surface area contributed by atoms with Gasteiger partial charge in [0.05, 0.1) is 11.8 Å². The molecule has 2 aromatic rings. The maximum absolute atomic E-state index is 13.6. The van der Waals surface area contributed by atoms with Gasteiger partial charge in [0.15, 0.2) is 12.1 Å². The van der Waals surface area contributed by atoms with Crippen LogP contribution in [0.3, 0.4) is 0 Å². The summed E-state index contributed by atoms with van der Waals surface area (Å²) in [5.41, 5.74) is 6.23. The van der Waals surface area contributed by atoms with Gasteiger partial charge in [-0.25, -0.2) is 20.3 Å². The maximum Gasteiger partial charge on any atom is 0.247 e. The number of allylic oxidation sites excluding steroid dienone is 1. The number of nitrogens with zero attached hydrogens (tertiary/aromatic N) is 2.